The lowest BCUT2D eigenvalue weighted by Crippen LogP contribution is -2.52. The van der Waals surface area contributed by atoms with Gasteiger partial charge in [0.2, 0.25) is 0 Å². The van der Waals surface area contributed by atoms with Gasteiger partial charge in [0, 0.05) is 37.8 Å². The van der Waals surface area contributed by atoms with Crippen molar-refractivity contribution in [2.24, 2.45) is 0 Å². The van der Waals surface area contributed by atoms with Crippen LogP contribution < -0.4 is 4.72 Å². The van der Waals surface area contributed by atoms with E-state index < -0.39 is 19.9 Å². The highest BCUT2D eigenvalue weighted by Crippen LogP contribution is 2.22. The van der Waals surface area contributed by atoms with Gasteiger partial charge in [0.15, 0.2) is 9.84 Å². The standard InChI is InChI=1S/C22H27N3O5S2/c1-17-4-2-3-5-21(17)23-32(29,30)20-8-6-18(7-9-20)22(26)25-13-11-24(12-14-25)19-10-15-31(27,28)16-19/h2-9,19,23H,10-16H2,1H3/t19-/m0/s1. The predicted octanol–water partition coefficient (Wildman–Crippen LogP) is 1.74. The Morgan fingerprint density at radius 3 is 2.25 bits per heavy atom. The summed E-state index contributed by atoms with van der Waals surface area (Å²) in [6.45, 7) is 4.14. The van der Waals surface area contributed by atoms with Crippen LogP contribution in [0.3, 0.4) is 0 Å². The summed E-state index contributed by atoms with van der Waals surface area (Å²) in [7, 11) is -6.69. The quantitative estimate of drug-likeness (QED) is 0.704. The molecule has 32 heavy (non-hydrogen) atoms. The largest absolute Gasteiger partial charge is 0.336 e. The van der Waals surface area contributed by atoms with Gasteiger partial charge in [-0.25, -0.2) is 16.8 Å². The SMILES string of the molecule is Cc1ccccc1NS(=O)(=O)c1ccc(C(=O)N2CCN([C@H]3CCS(=O)(=O)C3)CC2)cc1. The van der Waals surface area contributed by atoms with Crippen LogP contribution in [0.1, 0.15) is 22.3 Å². The van der Waals surface area contributed by atoms with Crippen LogP contribution >= 0.6 is 0 Å². The minimum absolute atomic E-state index is 0.0440. The van der Waals surface area contributed by atoms with Crippen molar-refractivity contribution in [3.05, 3.63) is 59.7 Å². The first kappa shape index (κ1) is 22.8. The van der Waals surface area contributed by atoms with Gasteiger partial charge in [0.1, 0.15) is 0 Å². The number of sulfonamides is 1. The second-order valence-electron chi connectivity index (χ2n) is 8.33. The van der Waals surface area contributed by atoms with Crippen LogP contribution in [0, 0.1) is 6.92 Å². The smallest absolute Gasteiger partial charge is 0.261 e. The summed E-state index contributed by atoms with van der Waals surface area (Å²) in [6, 6.07) is 13.1. The number of nitrogens with one attached hydrogen (secondary N) is 1. The molecule has 1 amide bonds. The molecule has 0 aliphatic carbocycles. The molecule has 10 heteroatoms. The zero-order valence-corrected chi connectivity index (χ0v) is 19.5. The number of para-hydroxylation sites is 1. The number of rotatable bonds is 5. The lowest BCUT2D eigenvalue weighted by molar-refractivity contribution is 0.0587. The van der Waals surface area contributed by atoms with Crippen LogP contribution in [0.5, 0.6) is 0 Å². The summed E-state index contributed by atoms with van der Waals surface area (Å²) in [6.07, 6.45) is 0.656. The normalized spacial score (nSPS) is 21.4. The van der Waals surface area contributed by atoms with Gasteiger partial charge in [-0.1, -0.05) is 18.2 Å². The molecule has 172 valence electrons. The first-order valence-corrected chi connectivity index (χ1v) is 13.9. The summed E-state index contributed by atoms with van der Waals surface area (Å²) in [5.74, 6) is 0.289. The van der Waals surface area contributed by atoms with Crippen molar-refractivity contribution >= 4 is 31.5 Å². The van der Waals surface area contributed by atoms with Gasteiger partial charge in [0.05, 0.1) is 22.1 Å². The molecule has 0 saturated carbocycles. The molecule has 2 aromatic rings. The maximum Gasteiger partial charge on any atom is 0.261 e. The van der Waals surface area contributed by atoms with Crippen molar-refractivity contribution < 1.29 is 21.6 Å². The summed E-state index contributed by atoms with van der Waals surface area (Å²) in [5, 5.41) is 0. The molecule has 2 saturated heterocycles. The minimum atomic E-state index is -3.76. The minimum Gasteiger partial charge on any atom is -0.336 e. The highest BCUT2D eigenvalue weighted by atomic mass is 32.2. The molecule has 0 aromatic heterocycles. The molecule has 0 bridgehead atoms. The number of aryl methyl sites for hydroxylation is 1. The number of piperazine rings is 1. The number of amides is 1. The van der Waals surface area contributed by atoms with E-state index in [4.69, 9.17) is 0 Å². The molecule has 4 rings (SSSR count). The third-order valence-corrected chi connectivity index (χ3v) is 9.26. The van der Waals surface area contributed by atoms with E-state index in [1.807, 2.05) is 19.1 Å². The second kappa shape index (κ2) is 8.84. The van der Waals surface area contributed by atoms with Gasteiger partial charge in [-0.2, -0.15) is 0 Å². The highest BCUT2D eigenvalue weighted by molar-refractivity contribution is 7.92. The van der Waals surface area contributed by atoms with Crippen molar-refractivity contribution in [2.45, 2.75) is 24.3 Å². The molecule has 2 fully saturated rings. The fraction of sp³-hybridized carbons (Fsp3) is 0.409. The predicted molar refractivity (Wildman–Crippen MR) is 123 cm³/mol. The van der Waals surface area contributed by atoms with Crippen LogP contribution in [-0.2, 0) is 19.9 Å². The van der Waals surface area contributed by atoms with Crippen molar-refractivity contribution in [1.29, 1.82) is 0 Å². The lowest BCUT2D eigenvalue weighted by atomic mass is 10.1. The summed E-state index contributed by atoms with van der Waals surface area (Å²) in [5.41, 5.74) is 1.76. The Bertz CT molecular complexity index is 1200. The molecule has 1 atom stereocenters. The molecule has 2 heterocycles. The van der Waals surface area contributed by atoms with Crippen LogP contribution in [0.2, 0.25) is 0 Å². The summed E-state index contributed by atoms with van der Waals surface area (Å²) >= 11 is 0. The average molecular weight is 478 g/mol. The molecule has 8 nitrogen and oxygen atoms in total. The number of nitrogens with zero attached hydrogens (tertiary/aromatic N) is 2. The van der Waals surface area contributed by atoms with E-state index in [0.29, 0.717) is 43.9 Å². The Labute approximate surface area is 189 Å². The number of carbonyl (C=O) groups is 1. The molecule has 2 aromatic carbocycles. The molecule has 1 N–H and O–H groups in total. The zero-order valence-electron chi connectivity index (χ0n) is 17.9. The molecule has 0 unspecified atom stereocenters. The number of hydrogen-bond acceptors (Lipinski definition) is 6. The maximum atomic E-state index is 12.9. The maximum absolute atomic E-state index is 12.9. The van der Waals surface area contributed by atoms with E-state index in [2.05, 4.69) is 9.62 Å². The number of hydrogen-bond donors (Lipinski definition) is 1. The van der Waals surface area contributed by atoms with Crippen LogP contribution in [0.25, 0.3) is 0 Å². The molecular formula is C22H27N3O5S2. The van der Waals surface area contributed by atoms with Gasteiger partial charge in [-0.3, -0.25) is 14.4 Å². The number of carbonyl (C=O) groups excluding carboxylic acids is 1. The monoisotopic (exact) mass is 477 g/mol. The lowest BCUT2D eigenvalue weighted by Gasteiger charge is -2.37. The van der Waals surface area contributed by atoms with Crippen molar-refractivity contribution in [1.82, 2.24) is 9.80 Å². The Balaban J connectivity index is 1.38. The first-order chi connectivity index (χ1) is 15.1. The van der Waals surface area contributed by atoms with E-state index in [1.165, 1.54) is 24.3 Å². The second-order valence-corrected chi connectivity index (χ2v) is 12.2. The van der Waals surface area contributed by atoms with Crippen molar-refractivity contribution in [2.75, 3.05) is 42.4 Å². The van der Waals surface area contributed by atoms with E-state index in [9.17, 15) is 21.6 Å². The third-order valence-electron chi connectivity index (χ3n) is 6.13. The Morgan fingerprint density at radius 1 is 1.00 bits per heavy atom. The average Bonchev–Trinajstić information content (AvgIpc) is 3.14. The van der Waals surface area contributed by atoms with Crippen LogP contribution in [-0.4, -0.2) is 76.3 Å². The topological polar surface area (TPSA) is 104 Å². The number of anilines is 1. The third kappa shape index (κ3) is 4.97. The van der Waals surface area contributed by atoms with Gasteiger partial charge in [-0.05, 0) is 49.2 Å². The van der Waals surface area contributed by atoms with Crippen molar-refractivity contribution in [3.8, 4) is 0 Å². The fourth-order valence-electron chi connectivity index (χ4n) is 4.20. The number of benzene rings is 2. The highest BCUT2D eigenvalue weighted by Gasteiger charge is 2.34. The van der Waals surface area contributed by atoms with Crippen LogP contribution in [0.4, 0.5) is 5.69 Å². The zero-order chi connectivity index (χ0) is 22.9. The molecule has 2 aliphatic heterocycles. The molecule has 0 radical (unpaired) electrons. The summed E-state index contributed by atoms with van der Waals surface area (Å²) < 4.78 is 51.4. The Hall–Kier alpha value is -2.43. The number of sulfone groups is 1. The van der Waals surface area contributed by atoms with Gasteiger partial charge in [0.25, 0.3) is 15.9 Å². The molecule has 0 spiro atoms. The Morgan fingerprint density at radius 2 is 1.66 bits per heavy atom. The van der Waals surface area contributed by atoms with E-state index in [0.717, 1.165) is 5.56 Å². The summed E-state index contributed by atoms with van der Waals surface area (Å²) in [4.78, 5) is 16.8. The Kier molecular flexibility index (Phi) is 6.28. The molecular weight excluding hydrogens is 450 g/mol. The van der Waals surface area contributed by atoms with Gasteiger partial charge < -0.3 is 4.90 Å². The van der Waals surface area contributed by atoms with Crippen LogP contribution in [0.15, 0.2) is 53.4 Å². The van der Waals surface area contributed by atoms with E-state index in [-0.39, 0.29) is 28.4 Å². The van der Waals surface area contributed by atoms with Gasteiger partial charge >= 0.3 is 0 Å². The fourth-order valence-corrected chi connectivity index (χ4v) is 7.10. The van der Waals surface area contributed by atoms with E-state index >= 15 is 0 Å². The van der Waals surface area contributed by atoms with Crippen molar-refractivity contribution in [3.63, 3.8) is 0 Å². The van der Waals surface area contributed by atoms with E-state index in [1.54, 1.807) is 17.0 Å². The molecule has 2 aliphatic rings. The van der Waals surface area contributed by atoms with Gasteiger partial charge in [-0.15, -0.1) is 0 Å². The first-order valence-electron chi connectivity index (χ1n) is 10.6.